The number of carbonyl (C=O) groups excluding carboxylic acids is 1. The van der Waals surface area contributed by atoms with Crippen LogP contribution in [0.5, 0.6) is 0 Å². The highest BCUT2D eigenvalue weighted by Crippen LogP contribution is 2.35. The van der Waals surface area contributed by atoms with Crippen molar-refractivity contribution in [1.82, 2.24) is 15.6 Å². The maximum Gasteiger partial charge on any atom is 0.419 e. The molecule has 11 heteroatoms. The number of carbonyl (C=O) groups is 1. The molecule has 0 aliphatic carbocycles. The summed E-state index contributed by atoms with van der Waals surface area (Å²) in [6.07, 6.45) is -3.00. The number of halogens is 4. The zero-order chi connectivity index (χ0) is 19.6. The molecule has 0 saturated heterocycles. The maximum atomic E-state index is 13.6. The molecule has 27 heavy (non-hydrogen) atoms. The summed E-state index contributed by atoms with van der Waals surface area (Å²) in [5.74, 6) is -3.22. The van der Waals surface area contributed by atoms with Crippen molar-refractivity contribution in [3.8, 4) is 0 Å². The van der Waals surface area contributed by atoms with Crippen molar-refractivity contribution in [3.05, 3.63) is 47.0 Å². The number of H-pyrrole nitrogens is 1. The average molecular weight is 385 g/mol. The summed E-state index contributed by atoms with van der Waals surface area (Å²) in [5, 5.41) is 22.3. The Morgan fingerprint density at radius 1 is 1.30 bits per heavy atom. The molecule has 1 amide bonds. The van der Waals surface area contributed by atoms with E-state index in [1.54, 1.807) is 0 Å². The minimum absolute atomic E-state index is 0.0282. The van der Waals surface area contributed by atoms with Crippen molar-refractivity contribution in [2.45, 2.75) is 18.5 Å². The van der Waals surface area contributed by atoms with Crippen LogP contribution in [-0.4, -0.2) is 40.1 Å². The van der Waals surface area contributed by atoms with Crippen LogP contribution in [0.15, 0.2) is 29.5 Å². The Morgan fingerprint density at radius 2 is 2.07 bits per heavy atom. The highest BCUT2D eigenvalue weighted by molar-refractivity contribution is 6.21. The molecule has 1 aromatic carbocycles. The van der Waals surface area contributed by atoms with E-state index in [0.717, 1.165) is 6.07 Å². The molecule has 1 aliphatic heterocycles. The summed E-state index contributed by atoms with van der Waals surface area (Å²) in [7, 11) is 0. The average Bonchev–Trinajstić information content (AvgIpc) is 3.21. The van der Waals surface area contributed by atoms with Gasteiger partial charge in [-0.1, -0.05) is 6.07 Å². The molecule has 1 atom stereocenters. The van der Waals surface area contributed by atoms with Crippen LogP contribution in [-0.2, 0) is 11.0 Å². The number of aliphatic hydroxyl groups is 1. The van der Waals surface area contributed by atoms with E-state index in [4.69, 9.17) is 5.11 Å². The van der Waals surface area contributed by atoms with Crippen molar-refractivity contribution >= 4 is 17.3 Å². The Morgan fingerprint density at radius 3 is 2.78 bits per heavy atom. The Balaban J connectivity index is 1.96. The summed E-state index contributed by atoms with van der Waals surface area (Å²) in [4.78, 5) is 12.2. The smallest absolute Gasteiger partial charge is 0.396 e. The monoisotopic (exact) mass is 385 g/mol. The standard InChI is InChI=1S/C16H15F4N5O2/c17-10-3-2-8(6-9(10)16(18,19)20)12-14(24-25-15(12)27)13-11(7-22-23-13)21-4-1-5-26/h2-3,6-7,12,21,26H,1,4-5H2,(H,22,23)(H,25,27). The second-order valence-electron chi connectivity index (χ2n) is 5.81. The molecule has 2 heterocycles. The summed E-state index contributed by atoms with van der Waals surface area (Å²) >= 11 is 0. The van der Waals surface area contributed by atoms with E-state index >= 15 is 0 Å². The van der Waals surface area contributed by atoms with E-state index in [0.29, 0.717) is 36.5 Å². The normalized spacial score (nSPS) is 17.0. The second-order valence-corrected chi connectivity index (χ2v) is 5.81. The van der Waals surface area contributed by atoms with Crippen LogP contribution < -0.4 is 10.7 Å². The first-order valence-corrected chi connectivity index (χ1v) is 7.95. The third-order valence-corrected chi connectivity index (χ3v) is 4.00. The minimum Gasteiger partial charge on any atom is -0.396 e. The number of aromatic nitrogens is 2. The number of hydrogen-bond donors (Lipinski definition) is 4. The molecule has 1 aromatic heterocycles. The van der Waals surface area contributed by atoms with Gasteiger partial charge in [-0.15, -0.1) is 0 Å². The van der Waals surface area contributed by atoms with Crippen molar-refractivity contribution in [3.63, 3.8) is 0 Å². The molecule has 0 bridgehead atoms. The van der Waals surface area contributed by atoms with E-state index < -0.39 is 29.4 Å². The number of nitrogens with zero attached hydrogens (tertiary/aromatic N) is 2. The fourth-order valence-electron chi connectivity index (χ4n) is 2.74. The van der Waals surface area contributed by atoms with E-state index in [2.05, 4.69) is 26.0 Å². The first kappa shape index (κ1) is 18.8. The molecule has 0 spiro atoms. The number of nitrogens with one attached hydrogen (secondary N) is 3. The molecule has 144 valence electrons. The lowest BCUT2D eigenvalue weighted by molar-refractivity contribution is -0.140. The van der Waals surface area contributed by atoms with Crippen LogP contribution in [0.1, 0.15) is 29.2 Å². The first-order valence-electron chi connectivity index (χ1n) is 7.95. The van der Waals surface area contributed by atoms with Gasteiger partial charge < -0.3 is 10.4 Å². The van der Waals surface area contributed by atoms with Crippen LogP contribution >= 0.6 is 0 Å². The quantitative estimate of drug-likeness (QED) is 0.451. The molecule has 0 saturated carbocycles. The van der Waals surface area contributed by atoms with Gasteiger partial charge in [-0.3, -0.25) is 9.89 Å². The van der Waals surface area contributed by atoms with Crippen molar-refractivity contribution < 1.29 is 27.5 Å². The Kier molecular flexibility index (Phi) is 5.13. The molecule has 0 fully saturated rings. The number of anilines is 1. The zero-order valence-electron chi connectivity index (χ0n) is 13.8. The molecule has 0 radical (unpaired) electrons. The molecule has 7 nitrogen and oxygen atoms in total. The van der Waals surface area contributed by atoms with Crippen LogP contribution in [0.25, 0.3) is 0 Å². The minimum atomic E-state index is -4.89. The predicted molar refractivity (Wildman–Crippen MR) is 87.6 cm³/mol. The highest BCUT2D eigenvalue weighted by atomic mass is 19.4. The molecular formula is C16H15F4N5O2. The third kappa shape index (κ3) is 3.77. The number of rotatable bonds is 6. The lowest BCUT2D eigenvalue weighted by atomic mass is 9.90. The number of benzene rings is 1. The number of alkyl halides is 3. The van der Waals surface area contributed by atoms with Gasteiger partial charge in [0.1, 0.15) is 23.1 Å². The summed E-state index contributed by atoms with van der Waals surface area (Å²) in [5.41, 5.74) is 1.65. The summed E-state index contributed by atoms with van der Waals surface area (Å²) in [6, 6.07) is 2.40. The molecular weight excluding hydrogens is 370 g/mol. The maximum absolute atomic E-state index is 13.6. The van der Waals surface area contributed by atoms with Gasteiger partial charge in [0, 0.05) is 13.2 Å². The van der Waals surface area contributed by atoms with Gasteiger partial charge in [0.2, 0.25) is 0 Å². The van der Waals surface area contributed by atoms with Crippen LogP contribution in [0.2, 0.25) is 0 Å². The van der Waals surface area contributed by atoms with Crippen LogP contribution in [0, 0.1) is 5.82 Å². The summed E-state index contributed by atoms with van der Waals surface area (Å²) < 4.78 is 52.6. The van der Waals surface area contributed by atoms with Crippen LogP contribution in [0.3, 0.4) is 0 Å². The molecule has 1 unspecified atom stereocenters. The van der Waals surface area contributed by atoms with E-state index in [9.17, 15) is 22.4 Å². The van der Waals surface area contributed by atoms with Crippen molar-refractivity contribution in [1.29, 1.82) is 0 Å². The number of hydrazone groups is 1. The van der Waals surface area contributed by atoms with Gasteiger partial charge in [0.15, 0.2) is 0 Å². The topological polar surface area (TPSA) is 102 Å². The molecule has 1 aliphatic rings. The predicted octanol–water partition coefficient (Wildman–Crippen LogP) is 1.98. The number of hydrogen-bond acceptors (Lipinski definition) is 5. The van der Waals surface area contributed by atoms with Gasteiger partial charge in [-0.2, -0.15) is 23.4 Å². The zero-order valence-corrected chi connectivity index (χ0v) is 13.8. The largest absolute Gasteiger partial charge is 0.419 e. The number of amides is 1. The fraction of sp³-hybridized carbons (Fsp3) is 0.312. The fourth-order valence-corrected chi connectivity index (χ4v) is 2.74. The third-order valence-electron chi connectivity index (χ3n) is 4.00. The Hall–Kier alpha value is -2.95. The number of aromatic amines is 1. The highest BCUT2D eigenvalue weighted by Gasteiger charge is 2.39. The Bertz CT molecular complexity index is 878. The lowest BCUT2D eigenvalue weighted by Crippen LogP contribution is -2.23. The van der Waals surface area contributed by atoms with Gasteiger partial charge in [-0.25, -0.2) is 9.82 Å². The molecule has 4 N–H and O–H groups in total. The van der Waals surface area contributed by atoms with Gasteiger partial charge >= 0.3 is 6.18 Å². The summed E-state index contributed by atoms with van der Waals surface area (Å²) in [6.45, 7) is 0.386. The van der Waals surface area contributed by atoms with E-state index in [1.807, 2.05) is 0 Å². The van der Waals surface area contributed by atoms with Gasteiger partial charge in [0.25, 0.3) is 5.91 Å². The SMILES string of the molecule is O=C1NN=C(c2[nH]ncc2NCCCO)C1c1ccc(F)c(C(F)(F)F)c1. The van der Waals surface area contributed by atoms with Crippen molar-refractivity contribution in [2.75, 3.05) is 18.5 Å². The van der Waals surface area contributed by atoms with Gasteiger partial charge in [0.05, 0.1) is 17.4 Å². The van der Waals surface area contributed by atoms with Crippen molar-refractivity contribution in [2.24, 2.45) is 5.10 Å². The van der Waals surface area contributed by atoms with E-state index in [1.165, 1.54) is 6.20 Å². The number of aliphatic hydroxyl groups excluding tert-OH is 1. The van der Waals surface area contributed by atoms with Gasteiger partial charge in [-0.05, 0) is 24.1 Å². The van der Waals surface area contributed by atoms with Crippen LogP contribution in [0.4, 0.5) is 23.2 Å². The second kappa shape index (κ2) is 7.35. The van der Waals surface area contributed by atoms with E-state index in [-0.39, 0.29) is 17.9 Å². The molecule has 2 aromatic rings. The lowest BCUT2D eigenvalue weighted by Gasteiger charge is -2.15. The first-order chi connectivity index (χ1) is 12.8. The molecule has 3 rings (SSSR count). The Labute approximate surface area is 150 Å².